The fourth-order valence-corrected chi connectivity index (χ4v) is 2.78. The van der Waals surface area contributed by atoms with Gasteiger partial charge in [0.1, 0.15) is 11.6 Å². The molecule has 0 heterocycles. The monoisotopic (exact) mass is 267 g/mol. The third kappa shape index (κ3) is 3.75. The molecule has 0 amide bonds. The SMILES string of the molecule is CCCNCC(C)(Cc1ccc(F)cc1F)C1CC1. The molecule has 1 aromatic rings. The van der Waals surface area contributed by atoms with Crippen LogP contribution < -0.4 is 5.32 Å². The minimum absolute atomic E-state index is 0.0772. The van der Waals surface area contributed by atoms with Crippen molar-refractivity contribution < 1.29 is 8.78 Å². The fraction of sp³-hybridized carbons (Fsp3) is 0.625. The summed E-state index contributed by atoms with van der Waals surface area (Å²) in [4.78, 5) is 0. The number of hydrogen-bond donors (Lipinski definition) is 1. The Morgan fingerprint density at radius 3 is 2.63 bits per heavy atom. The van der Waals surface area contributed by atoms with E-state index in [-0.39, 0.29) is 5.41 Å². The topological polar surface area (TPSA) is 12.0 Å². The number of nitrogens with one attached hydrogen (secondary N) is 1. The molecule has 1 N–H and O–H groups in total. The summed E-state index contributed by atoms with van der Waals surface area (Å²) in [6, 6.07) is 3.93. The predicted octanol–water partition coefficient (Wildman–Crippen LogP) is 3.92. The van der Waals surface area contributed by atoms with Gasteiger partial charge in [-0.3, -0.25) is 0 Å². The summed E-state index contributed by atoms with van der Waals surface area (Å²) >= 11 is 0. The van der Waals surface area contributed by atoms with E-state index in [9.17, 15) is 8.78 Å². The maximum atomic E-state index is 13.8. The highest BCUT2D eigenvalue weighted by Gasteiger charge is 2.41. The van der Waals surface area contributed by atoms with Crippen molar-refractivity contribution in [3.8, 4) is 0 Å². The number of rotatable bonds is 7. The zero-order valence-corrected chi connectivity index (χ0v) is 11.8. The van der Waals surface area contributed by atoms with Crippen LogP contribution in [0.5, 0.6) is 0 Å². The Kier molecular flexibility index (Phi) is 4.56. The van der Waals surface area contributed by atoms with Crippen LogP contribution in [0.3, 0.4) is 0 Å². The summed E-state index contributed by atoms with van der Waals surface area (Å²) in [6.07, 6.45) is 4.24. The van der Waals surface area contributed by atoms with Crippen molar-refractivity contribution in [3.05, 3.63) is 35.4 Å². The second-order valence-electron chi connectivity index (χ2n) is 6.02. The van der Waals surface area contributed by atoms with Crippen LogP contribution in [-0.4, -0.2) is 13.1 Å². The zero-order chi connectivity index (χ0) is 13.9. The van der Waals surface area contributed by atoms with Crippen LogP contribution in [0.25, 0.3) is 0 Å². The van der Waals surface area contributed by atoms with Gasteiger partial charge >= 0.3 is 0 Å². The average Bonchev–Trinajstić information content (AvgIpc) is 3.18. The van der Waals surface area contributed by atoms with Crippen LogP contribution in [0.4, 0.5) is 8.78 Å². The van der Waals surface area contributed by atoms with Crippen molar-refractivity contribution in [2.45, 2.75) is 39.5 Å². The molecule has 0 aliphatic heterocycles. The van der Waals surface area contributed by atoms with Crippen molar-refractivity contribution >= 4 is 0 Å². The van der Waals surface area contributed by atoms with Gasteiger partial charge in [-0.05, 0) is 55.2 Å². The normalized spacial score (nSPS) is 18.3. The standard InChI is InChI=1S/C16H23F2N/c1-3-8-19-11-16(2,13-5-6-13)10-12-4-7-14(17)9-15(12)18/h4,7,9,13,19H,3,5-6,8,10-11H2,1-2H3. The van der Waals surface area contributed by atoms with Crippen LogP contribution in [0.2, 0.25) is 0 Å². The molecular formula is C16H23F2N. The van der Waals surface area contributed by atoms with Crippen LogP contribution in [0.15, 0.2) is 18.2 Å². The maximum absolute atomic E-state index is 13.8. The van der Waals surface area contributed by atoms with Crippen LogP contribution in [0, 0.1) is 23.0 Å². The first-order valence-corrected chi connectivity index (χ1v) is 7.20. The van der Waals surface area contributed by atoms with E-state index in [1.165, 1.54) is 18.9 Å². The lowest BCUT2D eigenvalue weighted by molar-refractivity contribution is 0.253. The molecule has 1 fully saturated rings. The minimum Gasteiger partial charge on any atom is -0.316 e. The molecule has 0 spiro atoms. The van der Waals surface area contributed by atoms with E-state index in [2.05, 4.69) is 19.2 Å². The van der Waals surface area contributed by atoms with E-state index in [0.717, 1.165) is 25.6 Å². The molecule has 1 aliphatic rings. The van der Waals surface area contributed by atoms with Crippen molar-refractivity contribution in [1.29, 1.82) is 0 Å². The largest absolute Gasteiger partial charge is 0.316 e. The van der Waals surface area contributed by atoms with E-state index in [1.807, 2.05) is 0 Å². The third-order valence-electron chi connectivity index (χ3n) is 4.13. The van der Waals surface area contributed by atoms with E-state index >= 15 is 0 Å². The first-order chi connectivity index (χ1) is 9.05. The van der Waals surface area contributed by atoms with E-state index in [0.29, 0.717) is 17.9 Å². The molecule has 1 saturated carbocycles. The molecule has 1 unspecified atom stereocenters. The highest BCUT2D eigenvalue weighted by Crippen LogP contribution is 2.47. The van der Waals surface area contributed by atoms with Crippen molar-refractivity contribution in [3.63, 3.8) is 0 Å². The van der Waals surface area contributed by atoms with Gasteiger partial charge in [0.15, 0.2) is 0 Å². The Balaban J connectivity index is 2.07. The summed E-state index contributed by atoms with van der Waals surface area (Å²) in [5, 5.41) is 3.45. The molecule has 1 nitrogen and oxygen atoms in total. The summed E-state index contributed by atoms with van der Waals surface area (Å²) in [7, 11) is 0. The first-order valence-electron chi connectivity index (χ1n) is 7.20. The molecule has 1 aromatic carbocycles. The maximum Gasteiger partial charge on any atom is 0.129 e. The van der Waals surface area contributed by atoms with Crippen LogP contribution in [-0.2, 0) is 6.42 Å². The fourth-order valence-electron chi connectivity index (χ4n) is 2.78. The molecule has 19 heavy (non-hydrogen) atoms. The Morgan fingerprint density at radius 1 is 1.32 bits per heavy atom. The lowest BCUT2D eigenvalue weighted by Gasteiger charge is -2.30. The highest BCUT2D eigenvalue weighted by atomic mass is 19.1. The minimum atomic E-state index is -0.501. The summed E-state index contributed by atoms with van der Waals surface area (Å²) in [5.74, 6) is -0.248. The van der Waals surface area contributed by atoms with Gasteiger partial charge in [0.05, 0.1) is 0 Å². The molecule has 0 saturated heterocycles. The number of halogens is 2. The second kappa shape index (κ2) is 6.00. The van der Waals surface area contributed by atoms with Gasteiger partial charge in [-0.15, -0.1) is 0 Å². The smallest absolute Gasteiger partial charge is 0.129 e. The quantitative estimate of drug-likeness (QED) is 0.738. The Labute approximate surface area is 114 Å². The predicted molar refractivity (Wildman–Crippen MR) is 74.1 cm³/mol. The highest BCUT2D eigenvalue weighted by molar-refractivity contribution is 5.21. The van der Waals surface area contributed by atoms with E-state index in [1.54, 1.807) is 6.07 Å². The van der Waals surface area contributed by atoms with Crippen molar-refractivity contribution in [2.24, 2.45) is 11.3 Å². The zero-order valence-electron chi connectivity index (χ0n) is 11.8. The molecule has 0 aromatic heterocycles. The molecule has 2 rings (SSSR count). The van der Waals surface area contributed by atoms with Crippen LogP contribution >= 0.6 is 0 Å². The molecule has 3 heteroatoms. The van der Waals surface area contributed by atoms with Crippen molar-refractivity contribution in [1.82, 2.24) is 5.32 Å². The summed E-state index contributed by atoms with van der Waals surface area (Å²) < 4.78 is 26.7. The lowest BCUT2D eigenvalue weighted by Crippen LogP contribution is -2.36. The number of benzene rings is 1. The molecule has 1 atom stereocenters. The summed E-state index contributed by atoms with van der Waals surface area (Å²) in [6.45, 7) is 6.26. The summed E-state index contributed by atoms with van der Waals surface area (Å²) in [5.41, 5.74) is 0.711. The lowest BCUT2D eigenvalue weighted by atomic mass is 9.78. The van der Waals surface area contributed by atoms with Gasteiger partial charge in [0, 0.05) is 12.6 Å². The molecule has 0 radical (unpaired) electrons. The average molecular weight is 267 g/mol. The first kappa shape index (κ1) is 14.4. The van der Waals surface area contributed by atoms with E-state index in [4.69, 9.17) is 0 Å². The van der Waals surface area contributed by atoms with Gasteiger partial charge in [0.2, 0.25) is 0 Å². The second-order valence-corrected chi connectivity index (χ2v) is 6.02. The van der Waals surface area contributed by atoms with Gasteiger partial charge in [0.25, 0.3) is 0 Å². The van der Waals surface area contributed by atoms with Crippen LogP contribution in [0.1, 0.15) is 38.7 Å². The van der Waals surface area contributed by atoms with Gasteiger partial charge in [-0.25, -0.2) is 8.78 Å². The molecule has 1 aliphatic carbocycles. The van der Waals surface area contributed by atoms with E-state index < -0.39 is 11.6 Å². The third-order valence-corrected chi connectivity index (χ3v) is 4.13. The Morgan fingerprint density at radius 2 is 2.05 bits per heavy atom. The van der Waals surface area contributed by atoms with Crippen molar-refractivity contribution in [2.75, 3.05) is 13.1 Å². The van der Waals surface area contributed by atoms with Gasteiger partial charge in [-0.1, -0.05) is 19.9 Å². The Bertz CT molecular complexity index is 429. The molecule has 0 bridgehead atoms. The Hall–Kier alpha value is -0.960. The van der Waals surface area contributed by atoms with Gasteiger partial charge in [-0.2, -0.15) is 0 Å². The molecule has 106 valence electrons. The number of hydrogen-bond acceptors (Lipinski definition) is 1. The van der Waals surface area contributed by atoms with Gasteiger partial charge < -0.3 is 5.32 Å². The molecular weight excluding hydrogens is 244 g/mol.